The number of hydrogen-bond donors (Lipinski definition) is 1. The molecule has 1 atom stereocenters. The van der Waals surface area contributed by atoms with Crippen molar-refractivity contribution >= 4 is 12.1 Å². The molecule has 0 aromatic rings. The second kappa shape index (κ2) is 6.29. The highest BCUT2D eigenvalue weighted by Crippen LogP contribution is 2.08. The molecule has 1 aliphatic rings. The molecule has 1 aliphatic heterocycles. The van der Waals surface area contributed by atoms with Gasteiger partial charge in [-0.2, -0.15) is 0 Å². The van der Waals surface area contributed by atoms with Crippen molar-refractivity contribution in [2.24, 2.45) is 0 Å². The molecule has 1 fully saturated rings. The lowest BCUT2D eigenvalue weighted by molar-refractivity contribution is -0.158. The van der Waals surface area contributed by atoms with Crippen LogP contribution in [0.1, 0.15) is 0 Å². The number of carbonyl (C=O) groups is 2. The molecule has 1 N–H and O–H groups in total. The molecule has 0 saturated carbocycles. The molecule has 1 unspecified atom stereocenters. The van der Waals surface area contributed by atoms with Gasteiger partial charge in [0.1, 0.15) is 6.61 Å². The Hall–Kier alpha value is -1.34. The molecule has 1 saturated heterocycles. The van der Waals surface area contributed by atoms with E-state index in [0.29, 0.717) is 6.54 Å². The standard InChI is InChI=1S/C9H15NO6/c1-14-8(12)7-6-10(2-4-15-7)9(13)16-5-3-11/h7,11H,2-6H2,1H3. The number of carbonyl (C=O) groups excluding carboxylic acids is 2. The third-order valence-corrected chi connectivity index (χ3v) is 2.11. The number of amides is 1. The van der Waals surface area contributed by atoms with Gasteiger partial charge in [0.15, 0.2) is 6.10 Å². The molecule has 7 heteroatoms. The molecule has 1 rings (SSSR count). The molecular weight excluding hydrogens is 218 g/mol. The second-order valence-electron chi connectivity index (χ2n) is 3.17. The SMILES string of the molecule is COC(=O)C1CN(C(=O)OCCO)CCO1. The van der Waals surface area contributed by atoms with Crippen LogP contribution in [0.2, 0.25) is 0 Å². The van der Waals surface area contributed by atoms with Crippen LogP contribution >= 0.6 is 0 Å². The summed E-state index contributed by atoms with van der Waals surface area (Å²) in [4.78, 5) is 23.9. The van der Waals surface area contributed by atoms with Crippen LogP contribution in [0.25, 0.3) is 0 Å². The summed E-state index contributed by atoms with van der Waals surface area (Å²) >= 11 is 0. The maximum absolute atomic E-state index is 11.4. The Balaban J connectivity index is 2.43. The van der Waals surface area contributed by atoms with E-state index in [-0.39, 0.29) is 26.4 Å². The van der Waals surface area contributed by atoms with Crippen molar-refractivity contribution < 1.29 is 28.9 Å². The first kappa shape index (κ1) is 12.7. The van der Waals surface area contributed by atoms with E-state index in [1.165, 1.54) is 12.0 Å². The number of rotatable bonds is 3. The average molecular weight is 233 g/mol. The van der Waals surface area contributed by atoms with Gasteiger partial charge in [-0.3, -0.25) is 0 Å². The van der Waals surface area contributed by atoms with Gasteiger partial charge >= 0.3 is 12.1 Å². The maximum Gasteiger partial charge on any atom is 0.410 e. The lowest BCUT2D eigenvalue weighted by Gasteiger charge is -2.30. The third-order valence-electron chi connectivity index (χ3n) is 2.11. The summed E-state index contributed by atoms with van der Waals surface area (Å²) in [7, 11) is 1.26. The fourth-order valence-corrected chi connectivity index (χ4v) is 1.31. The Bertz CT molecular complexity index is 256. The van der Waals surface area contributed by atoms with Gasteiger partial charge < -0.3 is 24.2 Å². The molecule has 0 radical (unpaired) electrons. The Morgan fingerprint density at radius 3 is 2.94 bits per heavy atom. The summed E-state index contributed by atoms with van der Waals surface area (Å²) in [5.74, 6) is -0.514. The molecule has 0 spiro atoms. The van der Waals surface area contributed by atoms with Gasteiger partial charge in [0.05, 0.1) is 26.9 Å². The van der Waals surface area contributed by atoms with Crippen molar-refractivity contribution in [2.45, 2.75) is 6.10 Å². The Morgan fingerprint density at radius 2 is 2.31 bits per heavy atom. The van der Waals surface area contributed by atoms with Crippen LogP contribution in [0.15, 0.2) is 0 Å². The molecule has 1 amide bonds. The summed E-state index contributed by atoms with van der Waals surface area (Å²) < 4.78 is 14.4. The van der Waals surface area contributed by atoms with Crippen LogP contribution in [0.4, 0.5) is 4.79 Å². The summed E-state index contributed by atoms with van der Waals surface area (Å²) in [5.41, 5.74) is 0. The van der Waals surface area contributed by atoms with Crippen molar-refractivity contribution in [3.8, 4) is 0 Å². The smallest absolute Gasteiger partial charge is 0.410 e. The molecule has 0 aliphatic carbocycles. The minimum Gasteiger partial charge on any atom is -0.467 e. The first-order valence-corrected chi connectivity index (χ1v) is 4.91. The van der Waals surface area contributed by atoms with Gasteiger partial charge in [0, 0.05) is 6.54 Å². The van der Waals surface area contributed by atoms with E-state index in [2.05, 4.69) is 4.74 Å². The van der Waals surface area contributed by atoms with Crippen LogP contribution in [-0.2, 0) is 19.0 Å². The van der Waals surface area contributed by atoms with Crippen LogP contribution in [-0.4, -0.2) is 68.2 Å². The first-order valence-electron chi connectivity index (χ1n) is 4.91. The van der Waals surface area contributed by atoms with Crippen molar-refractivity contribution in [2.75, 3.05) is 40.0 Å². The van der Waals surface area contributed by atoms with Crippen LogP contribution in [0.3, 0.4) is 0 Å². The number of aliphatic hydroxyl groups is 1. The summed E-state index contributed by atoms with van der Waals surface area (Å²) in [5, 5.41) is 8.50. The number of aliphatic hydroxyl groups excluding tert-OH is 1. The fourth-order valence-electron chi connectivity index (χ4n) is 1.31. The van der Waals surface area contributed by atoms with Gasteiger partial charge in [0.2, 0.25) is 0 Å². The van der Waals surface area contributed by atoms with Crippen LogP contribution in [0, 0.1) is 0 Å². The first-order chi connectivity index (χ1) is 7.69. The Labute approximate surface area is 92.9 Å². The Morgan fingerprint density at radius 1 is 1.56 bits per heavy atom. The highest BCUT2D eigenvalue weighted by molar-refractivity contribution is 5.76. The zero-order chi connectivity index (χ0) is 12.0. The topological polar surface area (TPSA) is 85.3 Å². The van der Waals surface area contributed by atoms with Crippen LogP contribution in [0.5, 0.6) is 0 Å². The fraction of sp³-hybridized carbons (Fsp3) is 0.778. The molecule has 0 bridgehead atoms. The lowest BCUT2D eigenvalue weighted by Crippen LogP contribution is -2.49. The highest BCUT2D eigenvalue weighted by Gasteiger charge is 2.30. The predicted molar refractivity (Wildman–Crippen MR) is 51.8 cm³/mol. The van der Waals surface area contributed by atoms with Crippen molar-refractivity contribution in [3.63, 3.8) is 0 Å². The van der Waals surface area contributed by atoms with E-state index in [1.54, 1.807) is 0 Å². The lowest BCUT2D eigenvalue weighted by atomic mass is 10.3. The monoisotopic (exact) mass is 233 g/mol. The second-order valence-corrected chi connectivity index (χ2v) is 3.17. The van der Waals surface area contributed by atoms with Gasteiger partial charge in [-0.25, -0.2) is 9.59 Å². The van der Waals surface area contributed by atoms with E-state index >= 15 is 0 Å². The van der Waals surface area contributed by atoms with Crippen LogP contribution < -0.4 is 0 Å². The Kier molecular flexibility index (Phi) is 5.00. The zero-order valence-corrected chi connectivity index (χ0v) is 9.05. The number of nitrogens with zero attached hydrogens (tertiary/aromatic N) is 1. The molecule has 1 heterocycles. The zero-order valence-electron chi connectivity index (χ0n) is 9.05. The molecular formula is C9H15NO6. The van der Waals surface area contributed by atoms with Gasteiger partial charge in [-0.05, 0) is 0 Å². The normalized spacial score (nSPS) is 20.4. The molecule has 0 aromatic carbocycles. The molecule has 92 valence electrons. The quantitative estimate of drug-likeness (QED) is 0.629. The van der Waals surface area contributed by atoms with E-state index < -0.39 is 18.2 Å². The number of methoxy groups -OCH3 is 1. The third kappa shape index (κ3) is 3.35. The van der Waals surface area contributed by atoms with E-state index in [0.717, 1.165) is 0 Å². The van der Waals surface area contributed by atoms with Crippen molar-refractivity contribution in [1.29, 1.82) is 0 Å². The molecule has 0 aromatic heterocycles. The highest BCUT2D eigenvalue weighted by atomic mass is 16.6. The van der Waals surface area contributed by atoms with Crippen molar-refractivity contribution in [1.82, 2.24) is 4.90 Å². The number of esters is 1. The number of hydrogen-bond acceptors (Lipinski definition) is 6. The van der Waals surface area contributed by atoms with E-state index in [9.17, 15) is 9.59 Å². The maximum atomic E-state index is 11.4. The number of ether oxygens (including phenoxy) is 3. The van der Waals surface area contributed by atoms with Gasteiger partial charge in [-0.15, -0.1) is 0 Å². The average Bonchev–Trinajstić information content (AvgIpc) is 2.35. The van der Waals surface area contributed by atoms with E-state index in [1.807, 2.05) is 0 Å². The summed E-state index contributed by atoms with van der Waals surface area (Å²) in [6.45, 7) is 0.443. The van der Waals surface area contributed by atoms with Gasteiger partial charge in [0.25, 0.3) is 0 Å². The largest absolute Gasteiger partial charge is 0.467 e. The minimum absolute atomic E-state index is 0.0565. The van der Waals surface area contributed by atoms with Crippen molar-refractivity contribution in [3.05, 3.63) is 0 Å². The minimum atomic E-state index is -0.763. The van der Waals surface area contributed by atoms with E-state index in [4.69, 9.17) is 14.6 Å². The molecule has 16 heavy (non-hydrogen) atoms. The number of morpholine rings is 1. The predicted octanol–water partition coefficient (Wildman–Crippen LogP) is -1.01. The summed E-state index contributed by atoms with van der Waals surface area (Å²) in [6.07, 6.45) is -1.33. The molecule has 7 nitrogen and oxygen atoms in total. The summed E-state index contributed by atoms with van der Waals surface area (Å²) in [6, 6.07) is 0. The van der Waals surface area contributed by atoms with Gasteiger partial charge in [-0.1, -0.05) is 0 Å².